The molecule has 0 unspecified atom stereocenters. The Morgan fingerprint density at radius 1 is 1.10 bits per heavy atom. The van der Waals surface area contributed by atoms with Gasteiger partial charge in [0, 0.05) is 18.8 Å². The largest absolute Gasteiger partial charge is 0.497 e. The maximum absolute atomic E-state index is 12.5. The minimum absolute atomic E-state index is 0.157. The van der Waals surface area contributed by atoms with E-state index < -0.39 is 15.9 Å². The van der Waals surface area contributed by atoms with Gasteiger partial charge < -0.3 is 14.8 Å². The zero-order valence-electron chi connectivity index (χ0n) is 16.5. The van der Waals surface area contributed by atoms with Gasteiger partial charge in [-0.05, 0) is 42.5 Å². The molecule has 0 bridgehead atoms. The normalized spacial score (nSPS) is 11.2. The predicted molar refractivity (Wildman–Crippen MR) is 109 cm³/mol. The van der Waals surface area contributed by atoms with Gasteiger partial charge in [-0.2, -0.15) is 4.31 Å². The maximum atomic E-state index is 12.5. The molecule has 0 radical (unpaired) electrons. The van der Waals surface area contributed by atoms with Gasteiger partial charge in [-0.25, -0.2) is 8.42 Å². The van der Waals surface area contributed by atoms with Gasteiger partial charge in [-0.3, -0.25) is 9.59 Å². The summed E-state index contributed by atoms with van der Waals surface area (Å²) in [5, 5.41) is 2.62. The van der Waals surface area contributed by atoms with Crippen LogP contribution in [0, 0.1) is 0 Å². The zero-order valence-corrected chi connectivity index (χ0v) is 17.4. The number of amides is 1. The Labute approximate surface area is 170 Å². The fourth-order valence-corrected chi connectivity index (χ4v) is 4.10. The average Bonchev–Trinajstić information content (AvgIpc) is 2.73. The monoisotopic (exact) mass is 420 g/mol. The summed E-state index contributed by atoms with van der Waals surface area (Å²) < 4.78 is 36.7. The molecule has 2 aromatic carbocycles. The van der Waals surface area contributed by atoms with Crippen molar-refractivity contribution in [1.29, 1.82) is 0 Å². The van der Waals surface area contributed by atoms with Crippen LogP contribution in [-0.4, -0.2) is 51.7 Å². The number of nitrogens with zero attached hydrogens (tertiary/aromatic N) is 1. The first-order valence-electron chi connectivity index (χ1n) is 9.01. The standard InChI is InChI=1S/C20H24N2O6S/c1-4-22(5-2)29(25,26)18-9-6-16(7-10-18)21-20(24)14-28-19-11-8-17(27-3)12-15(19)13-23/h6-13H,4-5,14H2,1-3H3,(H,21,24). The molecule has 1 amide bonds. The second-order valence-corrected chi connectivity index (χ2v) is 7.91. The van der Waals surface area contributed by atoms with Crippen LogP contribution in [0.1, 0.15) is 24.2 Å². The van der Waals surface area contributed by atoms with Crippen LogP contribution >= 0.6 is 0 Å². The Morgan fingerprint density at radius 3 is 2.31 bits per heavy atom. The maximum Gasteiger partial charge on any atom is 0.262 e. The molecule has 0 aromatic heterocycles. The molecule has 0 atom stereocenters. The summed E-state index contributed by atoms with van der Waals surface area (Å²) in [5.41, 5.74) is 0.700. The predicted octanol–water partition coefficient (Wildman–Crippen LogP) is 2.56. The number of aldehydes is 1. The van der Waals surface area contributed by atoms with Crippen LogP contribution in [0.15, 0.2) is 47.4 Å². The molecule has 0 heterocycles. The van der Waals surface area contributed by atoms with E-state index >= 15 is 0 Å². The third kappa shape index (κ3) is 5.55. The van der Waals surface area contributed by atoms with Crippen LogP contribution in [0.5, 0.6) is 11.5 Å². The number of sulfonamides is 1. The Kier molecular flexibility index (Phi) is 7.74. The molecule has 0 saturated carbocycles. The second-order valence-electron chi connectivity index (χ2n) is 5.97. The average molecular weight is 420 g/mol. The lowest BCUT2D eigenvalue weighted by atomic mass is 10.2. The van der Waals surface area contributed by atoms with Crippen molar-refractivity contribution >= 4 is 27.9 Å². The number of benzene rings is 2. The van der Waals surface area contributed by atoms with Gasteiger partial charge in [0.25, 0.3) is 5.91 Å². The van der Waals surface area contributed by atoms with Crippen molar-refractivity contribution in [3.8, 4) is 11.5 Å². The summed E-state index contributed by atoms with van der Waals surface area (Å²) in [6.07, 6.45) is 0.616. The molecule has 0 spiro atoms. The molecule has 1 N–H and O–H groups in total. The van der Waals surface area contributed by atoms with Crippen molar-refractivity contribution in [3.05, 3.63) is 48.0 Å². The van der Waals surface area contributed by atoms with Crippen molar-refractivity contribution in [3.63, 3.8) is 0 Å². The Hall–Kier alpha value is -2.91. The molecule has 29 heavy (non-hydrogen) atoms. The van der Waals surface area contributed by atoms with Crippen molar-refractivity contribution in [1.82, 2.24) is 4.31 Å². The summed E-state index contributed by atoms with van der Waals surface area (Å²) in [5.74, 6) is 0.317. The highest BCUT2D eigenvalue weighted by Crippen LogP contribution is 2.23. The number of carbonyl (C=O) groups is 2. The smallest absolute Gasteiger partial charge is 0.262 e. The van der Waals surface area contributed by atoms with Crippen molar-refractivity contribution in [2.75, 3.05) is 32.1 Å². The van der Waals surface area contributed by atoms with E-state index in [0.717, 1.165) is 0 Å². The zero-order chi connectivity index (χ0) is 21.4. The molecule has 0 aliphatic carbocycles. The molecule has 2 rings (SSSR count). The lowest BCUT2D eigenvalue weighted by Crippen LogP contribution is -2.30. The van der Waals surface area contributed by atoms with E-state index in [1.165, 1.54) is 41.7 Å². The van der Waals surface area contributed by atoms with E-state index in [1.807, 2.05) is 0 Å². The number of hydrogen-bond donors (Lipinski definition) is 1. The topological polar surface area (TPSA) is 102 Å². The van der Waals surface area contributed by atoms with Gasteiger partial charge in [0.1, 0.15) is 11.5 Å². The first-order valence-corrected chi connectivity index (χ1v) is 10.5. The van der Waals surface area contributed by atoms with Crippen molar-refractivity contribution in [2.24, 2.45) is 0 Å². The highest BCUT2D eigenvalue weighted by atomic mass is 32.2. The van der Waals surface area contributed by atoms with Gasteiger partial charge in [0.15, 0.2) is 12.9 Å². The van der Waals surface area contributed by atoms with Crippen molar-refractivity contribution in [2.45, 2.75) is 18.7 Å². The molecular formula is C20H24N2O6S. The third-order valence-electron chi connectivity index (χ3n) is 4.18. The van der Waals surface area contributed by atoms with E-state index in [-0.39, 0.29) is 22.8 Å². The second kappa shape index (κ2) is 10.0. The molecule has 0 saturated heterocycles. The van der Waals surface area contributed by atoms with E-state index in [9.17, 15) is 18.0 Å². The van der Waals surface area contributed by atoms with Crippen LogP contribution in [0.2, 0.25) is 0 Å². The molecule has 0 fully saturated rings. The Bertz CT molecular complexity index is 953. The van der Waals surface area contributed by atoms with Crippen LogP contribution < -0.4 is 14.8 Å². The quantitative estimate of drug-likeness (QED) is 0.593. The van der Waals surface area contributed by atoms with Gasteiger partial charge in [-0.15, -0.1) is 0 Å². The number of anilines is 1. The number of methoxy groups -OCH3 is 1. The molecule has 0 aliphatic heterocycles. The molecule has 9 heteroatoms. The van der Waals surface area contributed by atoms with Crippen LogP contribution in [0.3, 0.4) is 0 Å². The Balaban J connectivity index is 2.01. The van der Waals surface area contributed by atoms with Crippen molar-refractivity contribution < 1.29 is 27.5 Å². The summed E-state index contributed by atoms with van der Waals surface area (Å²) in [4.78, 5) is 23.4. The van der Waals surface area contributed by atoms with Crippen LogP contribution in [0.4, 0.5) is 5.69 Å². The number of rotatable bonds is 10. The fraction of sp³-hybridized carbons (Fsp3) is 0.300. The molecule has 8 nitrogen and oxygen atoms in total. The van der Waals surface area contributed by atoms with Gasteiger partial charge in [0.2, 0.25) is 10.0 Å². The van der Waals surface area contributed by atoms with Gasteiger partial charge in [-0.1, -0.05) is 13.8 Å². The van der Waals surface area contributed by atoms with Gasteiger partial charge >= 0.3 is 0 Å². The molecular weight excluding hydrogens is 396 g/mol. The summed E-state index contributed by atoms with van der Waals surface area (Å²) >= 11 is 0. The van der Waals surface area contributed by atoms with E-state index in [0.29, 0.717) is 30.8 Å². The van der Waals surface area contributed by atoms with E-state index in [1.54, 1.807) is 26.0 Å². The minimum atomic E-state index is -3.55. The third-order valence-corrected chi connectivity index (χ3v) is 6.25. The van der Waals surface area contributed by atoms with Crippen LogP contribution in [0.25, 0.3) is 0 Å². The summed E-state index contributed by atoms with van der Waals surface area (Å²) in [7, 11) is -2.07. The SMILES string of the molecule is CCN(CC)S(=O)(=O)c1ccc(NC(=O)COc2ccc(OC)cc2C=O)cc1. The molecule has 156 valence electrons. The first kappa shape index (κ1) is 22.4. The fourth-order valence-electron chi connectivity index (χ4n) is 2.64. The van der Waals surface area contributed by atoms with E-state index in [2.05, 4.69) is 5.32 Å². The molecule has 2 aromatic rings. The molecule has 0 aliphatic rings. The number of hydrogen-bond acceptors (Lipinski definition) is 6. The lowest BCUT2D eigenvalue weighted by molar-refractivity contribution is -0.118. The minimum Gasteiger partial charge on any atom is -0.497 e. The number of ether oxygens (including phenoxy) is 2. The summed E-state index contributed by atoms with van der Waals surface area (Å²) in [6, 6.07) is 10.6. The number of carbonyl (C=O) groups excluding carboxylic acids is 2. The Morgan fingerprint density at radius 2 is 1.76 bits per heavy atom. The number of nitrogens with one attached hydrogen (secondary N) is 1. The highest BCUT2D eigenvalue weighted by Gasteiger charge is 2.21. The van der Waals surface area contributed by atoms with E-state index in [4.69, 9.17) is 9.47 Å². The lowest BCUT2D eigenvalue weighted by Gasteiger charge is -2.18. The summed E-state index contributed by atoms with van der Waals surface area (Å²) in [6.45, 7) is 3.99. The van der Waals surface area contributed by atoms with Crippen LogP contribution in [-0.2, 0) is 14.8 Å². The first-order chi connectivity index (χ1) is 13.8. The highest BCUT2D eigenvalue weighted by molar-refractivity contribution is 7.89. The van der Waals surface area contributed by atoms with Gasteiger partial charge in [0.05, 0.1) is 17.6 Å².